The average Bonchev–Trinajstić information content (AvgIpc) is 2.73. The van der Waals surface area contributed by atoms with E-state index in [1.165, 1.54) is 32.1 Å². The van der Waals surface area contributed by atoms with Crippen molar-refractivity contribution in [3.8, 4) is 0 Å². The van der Waals surface area contributed by atoms with Gasteiger partial charge in [-0.2, -0.15) is 11.8 Å². The largest absolute Gasteiger partial charge is 0.351 e. The molecule has 1 aromatic rings. The summed E-state index contributed by atoms with van der Waals surface area (Å²) >= 11 is 1.97. The minimum Gasteiger partial charge on any atom is -0.351 e. The number of nitrogens with zero attached hydrogens (tertiary/aromatic N) is 1. The number of nitrogens with one attached hydrogen (secondary N) is 1. The first-order chi connectivity index (χ1) is 13.5. The van der Waals surface area contributed by atoms with Gasteiger partial charge < -0.3 is 5.32 Å². The lowest BCUT2D eigenvalue weighted by molar-refractivity contribution is 0.0956. The number of rotatable bonds is 8. The maximum absolute atomic E-state index is 12.5. The number of carbonyl (C=O) groups excluding carboxylic acids is 1. The van der Waals surface area contributed by atoms with Gasteiger partial charge in [0, 0.05) is 36.2 Å². The Balaban J connectivity index is 1.43. The van der Waals surface area contributed by atoms with Crippen LogP contribution in [0.2, 0.25) is 0 Å². The van der Waals surface area contributed by atoms with E-state index in [2.05, 4.69) is 5.32 Å². The summed E-state index contributed by atoms with van der Waals surface area (Å²) in [5.41, 5.74) is 1.32. The number of hydrogen-bond donors (Lipinski definition) is 1. The van der Waals surface area contributed by atoms with Gasteiger partial charge in [-0.05, 0) is 43.4 Å². The number of carbonyl (C=O) groups is 1. The maximum atomic E-state index is 12.5. The number of sulfonamides is 1. The topological polar surface area (TPSA) is 66.5 Å². The lowest BCUT2D eigenvalue weighted by atomic mass is 10.0. The summed E-state index contributed by atoms with van der Waals surface area (Å²) in [7, 11) is -3.27. The zero-order valence-corrected chi connectivity index (χ0v) is 18.2. The van der Waals surface area contributed by atoms with Gasteiger partial charge in [-0.3, -0.25) is 4.79 Å². The number of benzene rings is 1. The van der Waals surface area contributed by atoms with Gasteiger partial charge in [-0.15, -0.1) is 0 Å². The van der Waals surface area contributed by atoms with Crippen LogP contribution in [0, 0.1) is 0 Å². The van der Waals surface area contributed by atoms with E-state index < -0.39 is 10.0 Å². The molecule has 7 heteroatoms. The van der Waals surface area contributed by atoms with E-state index in [4.69, 9.17) is 0 Å². The van der Waals surface area contributed by atoms with Crippen molar-refractivity contribution in [2.24, 2.45) is 0 Å². The second kappa shape index (κ2) is 10.6. The van der Waals surface area contributed by atoms with Crippen LogP contribution >= 0.6 is 11.8 Å². The van der Waals surface area contributed by atoms with Crippen LogP contribution in [-0.4, -0.2) is 49.3 Å². The van der Waals surface area contributed by atoms with E-state index >= 15 is 0 Å². The van der Waals surface area contributed by atoms with Gasteiger partial charge in [-0.25, -0.2) is 12.7 Å². The lowest BCUT2D eigenvalue weighted by Crippen LogP contribution is -2.36. The molecule has 156 valence electrons. The highest BCUT2D eigenvalue weighted by Crippen LogP contribution is 2.27. The summed E-state index contributed by atoms with van der Waals surface area (Å²) in [6, 6.07) is 6.97. The first-order valence-corrected chi connectivity index (χ1v) is 13.2. The highest BCUT2D eigenvalue weighted by atomic mass is 32.2. The van der Waals surface area contributed by atoms with E-state index in [9.17, 15) is 13.2 Å². The molecule has 0 radical (unpaired) electrons. The van der Waals surface area contributed by atoms with Gasteiger partial charge in [0.1, 0.15) is 0 Å². The van der Waals surface area contributed by atoms with Crippen LogP contribution in [0.1, 0.15) is 67.3 Å². The number of thioether (sulfide) groups is 1. The fourth-order valence-corrected chi connectivity index (χ4v) is 6.75. The predicted molar refractivity (Wildman–Crippen MR) is 116 cm³/mol. The van der Waals surface area contributed by atoms with Crippen LogP contribution < -0.4 is 5.32 Å². The minimum atomic E-state index is -3.27. The van der Waals surface area contributed by atoms with Crippen molar-refractivity contribution < 1.29 is 13.2 Å². The van der Waals surface area contributed by atoms with E-state index in [0.29, 0.717) is 25.2 Å². The molecule has 1 aliphatic carbocycles. The van der Waals surface area contributed by atoms with Crippen LogP contribution in [0.25, 0.3) is 0 Å². The highest BCUT2D eigenvalue weighted by Gasteiger charge is 2.24. The second-order valence-electron chi connectivity index (χ2n) is 7.80. The molecular formula is C21H32N2O3S2. The van der Waals surface area contributed by atoms with Crippen LogP contribution in [0.3, 0.4) is 0 Å². The first-order valence-electron chi connectivity index (χ1n) is 10.5. The maximum Gasteiger partial charge on any atom is 0.251 e. The summed E-state index contributed by atoms with van der Waals surface area (Å²) in [6.45, 7) is 1.93. The molecule has 0 spiro atoms. The molecule has 1 heterocycles. The molecule has 1 saturated heterocycles. The van der Waals surface area contributed by atoms with Gasteiger partial charge in [0.2, 0.25) is 10.0 Å². The van der Waals surface area contributed by atoms with Crippen LogP contribution in [-0.2, 0) is 15.8 Å². The third kappa shape index (κ3) is 6.49. The third-order valence-corrected chi connectivity index (χ3v) is 8.80. The van der Waals surface area contributed by atoms with Crippen molar-refractivity contribution in [3.63, 3.8) is 0 Å². The summed E-state index contributed by atoms with van der Waals surface area (Å²) in [6.07, 6.45) is 9.64. The van der Waals surface area contributed by atoms with E-state index in [1.54, 1.807) is 28.6 Å². The molecule has 0 atom stereocenters. The highest BCUT2D eigenvalue weighted by molar-refractivity contribution is 7.99. The zero-order chi connectivity index (χ0) is 19.8. The molecule has 0 bridgehead atoms. The molecule has 0 aromatic heterocycles. The van der Waals surface area contributed by atoms with Gasteiger partial charge in [-0.1, -0.05) is 37.8 Å². The number of hydrogen-bond acceptors (Lipinski definition) is 4. The Morgan fingerprint density at radius 3 is 2.32 bits per heavy atom. The Bertz CT molecular complexity index is 723. The van der Waals surface area contributed by atoms with Gasteiger partial charge in [0.25, 0.3) is 5.91 Å². The monoisotopic (exact) mass is 424 g/mol. The van der Waals surface area contributed by atoms with Gasteiger partial charge in [0.15, 0.2) is 0 Å². The quantitative estimate of drug-likeness (QED) is 0.645. The van der Waals surface area contributed by atoms with Crippen LogP contribution in [0.15, 0.2) is 24.3 Å². The third-order valence-electron chi connectivity index (χ3n) is 5.57. The fraction of sp³-hybridized carbons (Fsp3) is 0.667. The lowest BCUT2D eigenvalue weighted by Gasteiger charge is -2.25. The molecule has 1 N–H and O–H groups in total. The second-order valence-corrected chi connectivity index (χ2v) is 11.2. The van der Waals surface area contributed by atoms with E-state index in [0.717, 1.165) is 35.8 Å². The van der Waals surface area contributed by atoms with Crippen LogP contribution in [0.5, 0.6) is 0 Å². The van der Waals surface area contributed by atoms with Crippen molar-refractivity contribution in [3.05, 3.63) is 35.4 Å². The Hall–Kier alpha value is -1.05. The molecule has 1 saturated carbocycles. The van der Waals surface area contributed by atoms with Crippen molar-refractivity contribution in [1.29, 1.82) is 0 Å². The van der Waals surface area contributed by atoms with Crippen molar-refractivity contribution in [1.82, 2.24) is 9.62 Å². The molecule has 28 heavy (non-hydrogen) atoms. The molecule has 1 aliphatic heterocycles. The van der Waals surface area contributed by atoms with Gasteiger partial charge in [0.05, 0.1) is 5.75 Å². The zero-order valence-electron chi connectivity index (χ0n) is 16.6. The average molecular weight is 425 g/mol. The Labute approximate surface area is 173 Å². The van der Waals surface area contributed by atoms with Crippen molar-refractivity contribution >= 4 is 27.7 Å². The Morgan fingerprint density at radius 1 is 1.00 bits per heavy atom. The summed E-state index contributed by atoms with van der Waals surface area (Å²) < 4.78 is 26.6. The molecule has 2 fully saturated rings. The predicted octanol–water partition coefficient (Wildman–Crippen LogP) is 3.80. The number of piperidine rings is 1. The molecule has 1 aromatic carbocycles. The van der Waals surface area contributed by atoms with Gasteiger partial charge >= 0.3 is 0 Å². The molecule has 2 aliphatic rings. The number of amides is 1. The van der Waals surface area contributed by atoms with E-state index in [1.807, 2.05) is 11.8 Å². The summed E-state index contributed by atoms with van der Waals surface area (Å²) in [4.78, 5) is 12.3. The summed E-state index contributed by atoms with van der Waals surface area (Å²) in [5, 5.41) is 3.73. The SMILES string of the molecule is O=C(NCCSC1CCCCC1)c1ccc(CS(=O)(=O)N2CCCCC2)cc1. The first kappa shape index (κ1) is 21.7. The normalized spacial score (nSPS) is 19.4. The molecule has 3 rings (SSSR count). The minimum absolute atomic E-state index is 0.00687. The molecule has 1 amide bonds. The van der Waals surface area contributed by atoms with Crippen LogP contribution in [0.4, 0.5) is 0 Å². The fourth-order valence-electron chi connectivity index (χ4n) is 3.92. The Morgan fingerprint density at radius 2 is 1.64 bits per heavy atom. The standard InChI is InChI=1S/C21H32N2O3S2/c24-21(22-13-16-27-20-7-3-1-4-8-20)19-11-9-18(10-12-19)17-28(25,26)23-14-5-2-6-15-23/h9-12,20H,1-8,13-17H2,(H,22,24). The smallest absolute Gasteiger partial charge is 0.251 e. The van der Waals surface area contributed by atoms with Crippen molar-refractivity contribution in [2.75, 3.05) is 25.4 Å². The summed E-state index contributed by atoms with van der Waals surface area (Å²) in [5.74, 6) is 0.866. The molecule has 0 unspecified atom stereocenters. The van der Waals surface area contributed by atoms with E-state index in [-0.39, 0.29) is 11.7 Å². The van der Waals surface area contributed by atoms with Crippen molar-refractivity contribution in [2.45, 2.75) is 62.4 Å². The molecular weight excluding hydrogens is 392 g/mol. The Kier molecular flexibility index (Phi) is 8.23. The molecule has 5 nitrogen and oxygen atoms in total.